The third kappa shape index (κ3) is 4.38. The van der Waals surface area contributed by atoms with Crippen molar-refractivity contribution in [3.8, 4) is 10.4 Å². The lowest BCUT2D eigenvalue weighted by Gasteiger charge is -2.35. The lowest BCUT2D eigenvalue weighted by atomic mass is 9.92. The fraction of sp³-hybridized carbons (Fsp3) is 0.333. The van der Waals surface area contributed by atoms with Gasteiger partial charge in [0.2, 0.25) is 0 Å². The van der Waals surface area contributed by atoms with E-state index in [0.717, 1.165) is 29.8 Å². The molecule has 3 heterocycles. The largest absolute Gasteiger partial charge is 0.460 e. The molecule has 5 rings (SSSR count). The molecule has 1 aliphatic heterocycles. The molecule has 1 atom stereocenters. The molecule has 3 aromatic rings. The number of allylic oxidation sites excluding steroid dienone is 1. The Balaban J connectivity index is 1.48. The van der Waals surface area contributed by atoms with Crippen molar-refractivity contribution in [3.05, 3.63) is 69.5 Å². The summed E-state index contributed by atoms with van der Waals surface area (Å²) in [6, 6.07) is 5.87. The summed E-state index contributed by atoms with van der Waals surface area (Å²) in [6.45, 7) is 3.85. The molecule has 1 fully saturated rings. The Labute approximate surface area is 206 Å². The van der Waals surface area contributed by atoms with Crippen LogP contribution in [0.4, 0.5) is 4.39 Å². The standard InChI is InChI=1S/C27H25FN2O4S/c1-15(31)23-22(34-21-8-5-7-20(32)24(21)23)14-19-6-3-4-13-30(19)27(33)25-26(35-16(2)29-25)17-9-11-18(28)12-10-17/h5,8-12,19H,3-4,6-7,13-14H2,1-2H3. The predicted molar refractivity (Wildman–Crippen MR) is 131 cm³/mol. The molecule has 1 amide bonds. The van der Waals surface area contributed by atoms with Crippen molar-refractivity contribution in [2.24, 2.45) is 0 Å². The zero-order valence-electron chi connectivity index (χ0n) is 19.6. The number of fused-ring (bicyclic) bond motifs is 1. The molecular weight excluding hydrogens is 467 g/mol. The van der Waals surface area contributed by atoms with E-state index >= 15 is 0 Å². The minimum absolute atomic E-state index is 0.124. The fourth-order valence-electron chi connectivity index (χ4n) is 4.98. The molecule has 2 aliphatic rings. The highest BCUT2D eigenvalue weighted by Gasteiger charge is 2.35. The van der Waals surface area contributed by atoms with Crippen LogP contribution in [0, 0.1) is 12.7 Å². The number of benzene rings is 1. The van der Waals surface area contributed by atoms with Gasteiger partial charge in [0.15, 0.2) is 11.6 Å². The number of ketones is 2. The maximum Gasteiger partial charge on any atom is 0.274 e. The number of piperidine rings is 1. The van der Waals surface area contributed by atoms with Crippen LogP contribution in [-0.4, -0.2) is 39.9 Å². The van der Waals surface area contributed by atoms with Crippen LogP contribution in [0.3, 0.4) is 0 Å². The van der Waals surface area contributed by atoms with Crippen LogP contribution in [0.1, 0.15) is 80.3 Å². The average Bonchev–Trinajstić information content (AvgIpc) is 3.41. The summed E-state index contributed by atoms with van der Waals surface area (Å²) in [5, 5.41) is 0.754. The fourth-order valence-corrected chi connectivity index (χ4v) is 5.90. The van der Waals surface area contributed by atoms with Gasteiger partial charge in [0.1, 0.15) is 23.0 Å². The molecule has 6 nitrogen and oxygen atoms in total. The topological polar surface area (TPSA) is 80.5 Å². The number of thiazole rings is 1. The first-order valence-electron chi connectivity index (χ1n) is 11.7. The Morgan fingerprint density at radius 2 is 2.00 bits per heavy atom. The number of amides is 1. The number of Topliss-reactive ketones (excluding diaryl/α,β-unsaturated/α-hetero) is 2. The van der Waals surface area contributed by atoms with Gasteiger partial charge in [0.05, 0.1) is 21.0 Å². The summed E-state index contributed by atoms with van der Waals surface area (Å²) in [5.41, 5.74) is 1.80. The lowest BCUT2D eigenvalue weighted by Crippen LogP contribution is -2.45. The van der Waals surface area contributed by atoms with E-state index in [1.807, 2.05) is 11.8 Å². The number of hydrogen-bond donors (Lipinski definition) is 0. The van der Waals surface area contributed by atoms with E-state index in [9.17, 15) is 18.8 Å². The second-order valence-electron chi connectivity index (χ2n) is 9.00. The molecule has 1 aliphatic carbocycles. The number of aryl methyl sites for hydroxylation is 1. The smallest absolute Gasteiger partial charge is 0.274 e. The van der Waals surface area contributed by atoms with E-state index in [1.54, 1.807) is 24.3 Å². The maximum atomic E-state index is 13.8. The SMILES string of the molecule is CC(=O)c1c(CC2CCCCN2C(=O)c2nc(C)sc2-c2ccc(F)cc2)oc2c1C(=O)CC=C2. The predicted octanol–water partition coefficient (Wildman–Crippen LogP) is 5.89. The Kier molecular flexibility index (Phi) is 6.23. The van der Waals surface area contributed by atoms with Gasteiger partial charge < -0.3 is 9.32 Å². The highest BCUT2D eigenvalue weighted by atomic mass is 32.1. The Morgan fingerprint density at radius 1 is 1.23 bits per heavy atom. The number of hydrogen-bond acceptors (Lipinski definition) is 6. The number of halogens is 1. The van der Waals surface area contributed by atoms with E-state index in [0.29, 0.717) is 46.2 Å². The van der Waals surface area contributed by atoms with Crippen molar-refractivity contribution in [3.63, 3.8) is 0 Å². The van der Waals surface area contributed by atoms with Gasteiger partial charge in [-0.2, -0.15) is 0 Å². The molecule has 1 saturated heterocycles. The number of aromatic nitrogens is 1. The van der Waals surface area contributed by atoms with Crippen molar-refractivity contribution >= 4 is 34.9 Å². The molecule has 2 aromatic heterocycles. The van der Waals surface area contributed by atoms with E-state index in [2.05, 4.69) is 4.98 Å². The molecular formula is C27H25FN2O4S. The highest BCUT2D eigenvalue weighted by Crippen LogP contribution is 2.35. The van der Waals surface area contributed by atoms with E-state index < -0.39 is 0 Å². The van der Waals surface area contributed by atoms with E-state index in [4.69, 9.17) is 4.42 Å². The third-order valence-corrected chi connectivity index (χ3v) is 7.58. The first kappa shape index (κ1) is 23.4. The molecule has 1 aromatic carbocycles. The second kappa shape index (κ2) is 9.34. The maximum absolute atomic E-state index is 13.8. The molecule has 8 heteroatoms. The third-order valence-electron chi connectivity index (χ3n) is 6.56. The Morgan fingerprint density at radius 3 is 2.74 bits per heavy atom. The monoisotopic (exact) mass is 492 g/mol. The minimum atomic E-state index is -0.338. The summed E-state index contributed by atoms with van der Waals surface area (Å²) >= 11 is 1.41. The van der Waals surface area contributed by atoms with Crippen LogP contribution in [0.15, 0.2) is 34.8 Å². The Hall–Kier alpha value is -3.39. The van der Waals surface area contributed by atoms with Gasteiger partial charge in [-0.25, -0.2) is 9.37 Å². The van der Waals surface area contributed by atoms with Crippen LogP contribution in [0.25, 0.3) is 16.5 Å². The first-order chi connectivity index (χ1) is 16.8. The summed E-state index contributed by atoms with van der Waals surface area (Å²) in [6.07, 6.45) is 6.65. The van der Waals surface area contributed by atoms with Crippen molar-refractivity contribution in [2.75, 3.05) is 6.54 Å². The van der Waals surface area contributed by atoms with Crippen molar-refractivity contribution in [1.82, 2.24) is 9.88 Å². The van der Waals surface area contributed by atoms with Gasteiger partial charge in [-0.1, -0.05) is 18.2 Å². The molecule has 1 unspecified atom stereocenters. The highest BCUT2D eigenvalue weighted by molar-refractivity contribution is 7.15. The summed E-state index contributed by atoms with van der Waals surface area (Å²) < 4.78 is 19.5. The molecule has 0 saturated carbocycles. The number of carbonyl (C=O) groups is 3. The van der Waals surface area contributed by atoms with Gasteiger partial charge in [-0.3, -0.25) is 14.4 Å². The molecule has 0 radical (unpaired) electrons. The van der Waals surface area contributed by atoms with Crippen LogP contribution in [0.5, 0.6) is 0 Å². The zero-order valence-corrected chi connectivity index (χ0v) is 20.4. The number of nitrogens with zero attached hydrogens (tertiary/aromatic N) is 2. The molecule has 35 heavy (non-hydrogen) atoms. The Bertz CT molecular complexity index is 1350. The summed E-state index contributed by atoms with van der Waals surface area (Å²) in [7, 11) is 0. The lowest BCUT2D eigenvalue weighted by molar-refractivity contribution is 0.0602. The van der Waals surface area contributed by atoms with Crippen LogP contribution >= 0.6 is 11.3 Å². The van der Waals surface area contributed by atoms with Crippen LogP contribution in [-0.2, 0) is 6.42 Å². The summed E-state index contributed by atoms with van der Waals surface area (Å²) in [4.78, 5) is 45.8. The van der Waals surface area contributed by atoms with Crippen molar-refractivity contribution in [1.29, 1.82) is 0 Å². The molecule has 180 valence electrons. The van der Waals surface area contributed by atoms with Gasteiger partial charge in [-0.05, 0) is 56.9 Å². The van der Waals surface area contributed by atoms with Crippen molar-refractivity contribution in [2.45, 2.75) is 52.0 Å². The van der Waals surface area contributed by atoms with Gasteiger partial charge in [-0.15, -0.1) is 11.3 Å². The van der Waals surface area contributed by atoms with Gasteiger partial charge in [0.25, 0.3) is 5.91 Å². The number of likely N-dealkylation sites (tertiary alicyclic amines) is 1. The number of rotatable bonds is 5. The minimum Gasteiger partial charge on any atom is -0.460 e. The molecule has 0 N–H and O–H groups in total. The van der Waals surface area contributed by atoms with Crippen LogP contribution in [0.2, 0.25) is 0 Å². The zero-order chi connectivity index (χ0) is 24.7. The molecule has 0 bridgehead atoms. The van der Waals surface area contributed by atoms with E-state index in [-0.39, 0.29) is 35.8 Å². The van der Waals surface area contributed by atoms with Crippen LogP contribution < -0.4 is 0 Å². The summed E-state index contributed by atoms with van der Waals surface area (Å²) in [5.74, 6) is 0.0196. The normalized spacial score (nSPS) is 17.5. The quantitative estimate of drug-likeness (QED) is 0.415. The second-order valence-corrected chi connectivity index (χ2v) is 10.2. The van der Waals surface area contributed by atoms with Gasteiger partial charge in [0, 0.05) is 25.4 Å². The molecule has 0 spiro atoms. The number of furan rings is 1. The number of carbonyl (C=O) groups excluding carboxylic acids is 3. The first-order valence-corrected chi connectivity index (χ1v) is 12.6. The average molecular weight is 493 g/mol. The van der Waals surface area contributed by atoms with Crippen molar-refractivity contribution < 1.29 is 23.2 Å². The van der Waals surface area contributed by atoms with E-state index in [1.165, 1.54) is 30.4 Å². The van der Waals surface area contributed by atoms with Gasteiger partial charge >= 0.3 is 0 Å².